The van der Waals surface area contributed by atoms with Crippen LogP contribution in [0.15, 0.2) is 24.4 Å². The van der Waals surface area contributed by atoms with Crippen molar-refractivity contribution < 1.29 is 9.90 Å². The van der Waals surface area contributed by atoms with Crippen LogP contribution in [0.4, 0.5) is 5.69 Å². The van der Waals surface area contributed by atoms with Gasteiger partial charge in [-0.15, -0.1) is 0 Å². The number of hydrogen-bond acceptors (Lipinski definition) is 6. The average molecular weight is 371 g/mol. The Balaban J connectivity index is 1.69. The Bertz CT molecular complexity index is 812. The minimum atomic E-state index is -0.919. The summed E-state index contributed by atoms with van der Waals surface area (Å²) in [5.74, 6) is 0.0574. The summed E-state index contributed by atoms with van der Waals surface area (Å²) < 4.78 is 0. The van der Waals surface area contributed by atoms with Crippen LogP contribution in [0.2, 0.25) is 0 Å². The van der Waals surface area contributed by atoms with Crippen molar-refractivity contribution in [2.24, 2.45) is 5.73 Å². The summed E-state index contributed by atoms with van der Waals surface area (Å²) in [4.78, 5) is 25.1. The van der Waals surface area contributed by atoms with Gasteiger partial charge in [0.1, 0.15) is 11.1 Å². The first kappa shape index (κ1) is 19.5. The lowest BCUT2D eigenvalue weighted by molar-refractivity contribution is -0.132. The van der Waals surface area contributed by atoms with E-state index in [1.165, 1.54) is 0 Å². The fourth-order valence-electron chi connectivity index (χ4n) is 3.70. The third kappa shape index (κ3) is 4.54. The van der Waals surface area contributed by atoms with Crippen LogP contribution in [0.25, 0.3) is 11.0 Å². The molecule has 1 aliphatic rings. The maximum atomic E-state index is 12.3. The van der Waals surface area contributed by atoms with Gasteiger partial charge in [0, 0.05) is 38.4 Å². The van der Waals surface area contributed by atoms with Crippen LogP contribution in [-0.4, -0.2) is 64.7 Å². The molecule has 0 spiro atoms. The predicted molar refractivity (Wildman–Crippen MR) is 107 cm³/mol. The van der Waals surface area contributed by atoms with Crippen molar-refractivity contribution in [3.8, 4) is 0 Å². The molecule has 0 bridgehead atoms. The van der Waals surface area contributed by atoms with E-state index in [-0.39, 0.29) is 5.91 Å². The Hall–Kier alpha value is -2.25. The molecule has 3 rings (SSSR count). The summed E-state index contributed by atoms with van der Waals surface area (Å²) in [6.07, 6.45) is 4.51. The van der Waals surface area contributed by atoms with E-state index in [9.17, 15) is 9.90 Å². The second kappa shape index (κ2) is 8.19. The van der Waals surface area contributed by atoms with Gasteiger partial charge in [0.25, 0.3) is 0 Å². The SMILES string of the molecule is Cc1ccc2nccc(N3CCC(O)(CN(C)C(=O)CCCCN)C3)c2n1. The van der Waals surface area contributed by atoms with Crippen molar-refractivity contribution in [3.05, 3.63) is 30.1 Å². The second-order valence-corrected chi connectivity index (χ2v) is 7.54. The van der Waals surface area contributed by atoms with E-state index in [1.807, 2.05) is 25.1 Å². The molecule has 1 unspecified atom stereocenters. The number of nitrogens with zero attached hydrogens (tertiary/aromatic N) is 4. The first-order valence-electron chi connectivity index (χ1n) is 9.56. The summed E-state index contributed by atoms with van der Waals surface area (Å²) in [5, 5.41) is 11.0. The summed E-state index contributed by atoms with van der Waals surface area (Å²) in [6.45, 7) is 4.09. The number of anilines is 1. The molecule has 0 aromatic carbocycles. The molecule has 1 fully saturated rings. The van der Waals surface area contributed by atoms with Crippen molar-refractivity contribution in [2.45, 2.75) is 38.2 Å². The molecule has 0 radical (unpaired) electrons. The maximum absolute atomic E-state index is 12.3. The zero-order chi connectivity index (χ0) is 19.4. The molecule has 2 aromatic heterocycles. The van der Waals surface area contributed by atoms with Crippen LogP contribution in [-0.2, 0) is 4.79 Å². The van der Waals surface area contributed by atoms with Gasteiger partial charge in [-0.25, -0.2) is 4.98 Å². The van der Waals surface area contributed by atoms with Gasteiger partial charge in [0.2, 0.25) is 5.91 Å². The Morgan fingerprint density at radius 1 is 1.37 bits per heavy atom. The number of hydrogen-bond donors (Lipinski definition) is 2. The highest BCUT2D eigenvalue weighted by molar-refractivity contribution is 5.88. The Labute approximate surface area is 160 Å². The number of rotatable bonds is 7. The highest BCUT2D eigenvalue weighted by Gasteiger charge is 2.38. The number of nitrogens with two attached hydrogens (primary N) is 1. The number of unbranched alkanes of at least 4 members (excludes halogenated alkanes) is 1. The van der Waals surface area contributed by atoms with E-state index in [0.717, 1.165) is 41.8 Å². The highest BCUT2D eigenvalue weighted by atomic mass is 16.3. The van der Waals surface area contributed by atoms with Gasteiger partial charge in [-0.1, -0.05) is 0 Å². The molecule has 3 N–H and O–H groups in total. The lowest BCUT2D eigenvalue weighted by Gasteiger charge is -2.29. The molecule has 1 atom stereocenters. The molecular weight excluding hydrogens is 342 g/mol. The van der Waals surface area contributed by atoms with Gasteiger partial charge in [0.15, 0.2) is 0 Å². The van der Waals surface area contributed by atoms with Crippen molar-refractivity contribution in [2.75, 3.05) is 38.1 Å². The Morgan fingerprint density at radius 2 is 2.19 bits per heavy atom. The Kier molecular flexibility index (Phi) is 5.92. The number of β-amino-alcohol motifs (C(OH)–C–C–N with tert-alkyl or cyclic N) is 1. The number of aromatic nitrogens is 2. The molecular formula is C20H29N5O2. The van der Waals surface area contributed by atoms with Crippen molar-refractivity contribution in [1.82, 2.24) is 14.9 Å². The van der Waals surface area contributed by atoms with Gasteiger partial charge < -0.3 is 20.6 Å². The van der Waals surface area contributed by atoms with Crippen LogP contribution < -0.4 is 10.6 Å². The van der Waals surface area contributed by atoms with Gasteiger partial charge in [0.05, 0.1) is 17.7 Å². The largest absolute Gasteiger partial charge is 0.386 e. The molecule has 27 heavy (non-hydrogen) atoms. The fraction of sp³-hybridized carbons (Fsp3) is 0.550. The fourth-order valence-corrected chi connectivity index (χ4v) is 3.70. The topological polar surface area (TPSA) is 95.6 Å². The lowest BCUT2D eigenvalue weighted by atomic mass is 10.0. The van der Waals surface area contributed by atoms with Crippen LogP contribution in [0, 0.1) is 6.92 Å². The normalized spacial score (nSPS) is 19.6. The lowest BCUT2D eigenvalue weighted by Crippen LogP contribution is -2.45. The molecule has 1 saturated heterocycles. The smallest absolute Gasteiger partial charge is 0.222 e. The number of pyridine rings is 2. The van der Waals surface area contributed by atoms with E-state index in [2.05, 4.69) is 14.9 Å². The molecule has 3 heterocycles. The summed E-state index contributed by atoms with van der Waals surface area (Å²) in [6, 6.07) is 5.87. The van der Waals surface area contributed by atoms with Crippen LogP contribution in [0.1, 0.15) is 31.4 Å². The maximum Gasteiger partial charge on any atom is 0.222 e. The van der Waals surface area contributed by atoms with Crippen LogP contribution >= 0.6 is 0 Å². The number of carbonyl (C=O) groups excluding carboxylic acids is 1. The summed E-state index contributed by atoms with van der Waals surface area (Å²) >= 11 is 0. The first-order chi connectivity index (χ1) is 12.9. The zero-order valence-corrected chi connectivity index (χ0v) is 16.2. The number of carbonyl (C=O) groups is 1. The third-order valence-corrected chi connectivity index (χ3v) is 5.18. The number of fused-ring (bicyclic) bond motifs is 1. The van der Waals surface area contributed by atoms with Gasteiger partial charge in [-0.2, -0.15) is 0 Å². The highest BCUT2D eigenvalue weighted by Crippen LogP contribution is 2.31. The molecule has 7 nitrogen and oxygen atoms in total. The van der Waals surface area contributed by atoms with Crippen molar-refractivity contribution in [3.63, 3.8) is 0 Å². The average Bonchev–Trinajstić information content (AvgIpc) is 3.02. The van der Waals surface area contributed by atoms with Crippen molar-refractivity contribution >= 4 is 22.6 Å². The third-order valence-electron chi connectivity index (χ3n) is 5.18. The molecule has 0 saturated carbocycles. The molecule has 1 amide bonds. The standard InChI is InChI=1S/C20H29N5O2/c1-15-6-7-16-19(23-15)17(8-11-22-16)25-12-9-20(27,14-25)13-24(2)18(26)5-3-4-10-21/h6-8,11,27H,3-5,9-10,12-14,21H2,1-2H3. The minimum absolute atomic E-state index is 0.0574. The van der Waals surface area contributed by atoms with E-state index >= 15 is 0 Å². The van der Waals surface area contributed by atoms with Gasteiger partial charge >= 0.3 is 0 Å². The molecule has 146 valence electrons. The number of likely N-dealkylation sites (N-methyl/N-ethyl adjacent to an activating group) is 1. The quantitative estimate of drug-likeness (QED) is 0.716. The number of aryl methyl sites for hydroxylation is 1. The van der Waals surface area contributed by atoms with Gasteiger partial charge in [-0.05, 0) is 50.9 Å². The predicted octanol–water partition coefficient (Wildman–Crippen LogP) is 1.47. The molecule has 7 heteroatoms. The molecule has 1 aliphatic heterocycles. The van der Waals surface area contributed by atoms with E-state index < -0.39 is 5.60 Å². The first-order valence-corrected chi connectivity index (χ1v) is 9.56. The monoisotopic (exact) mass is 371 g/mol. The number of aliphatic hydroxyl groups is 1. The van der Waals surface area contributed by atoms with E-state index in [1.54, 1.807) is 18.1 Å². The Morgan fingerprint density at radius 3 is 2.96 bits per heavy atom. The minimum Gasteiger partial charge on any atom is -0.386 e. The van der Waals surface area contributed by atoms with Crippen molar-refractivity contribution in [1.29, 1.82) is 0 Å². The molecule has 2 aromatic rings. The van der Waals surface area contributed by atoms with E-state index in [4.69, 9.17) is 5.73 Å². The summed E-state index contributed by atoms with van der Waals surface area (Å²) in [5.41, 5.74) is 8.19. The number of amides is 1. The zero-order valence-electron chi connectivity index (χ0n) is 16.2. The summed E-state index contributed by atoms with van der Waals surface area (Å²) in [7, 11) is 1.76. The van der Waals surface area contributed by atoms with Crippen LogP contribution in [0.3, 0.4) is 0 Å². The van der Waals surface area contributed by atoms with E-state index in [0.29, 0.717) is 32.5 Å². The van der Waals surface area contributed by atoms with Crippen LogP contribution in [0.5, 0.6) is 0 Å². The second-order valence-electron chi connectivity index (χ2n) is 7.54. The van der Waals surface area contributed by atoms with Gasteiger partial charge in [-0.3, -0.25) is 9.78 Å². The molecule has 0 aliphatic carbocycles.